The lowest BCUT2D eigenvalue weighted by molar-refractivity contribution is -0.385. The van der Waals surface area contributed by atoms with Crippen molar-refractivity contribution in [1.82, 2.24) is 4.98 Å². The summed E-state index contributed by atoms with van der Waals surface area (Å²) in [6, 6.07) is 8.27. The van der Waals surface area contributed by atoms with Crippen molar-refractivity contribution in [2.24, 2.45) is 0 Å². The van der Waals surface area contributed by atoms with Gasteiger partial charge in [0.15, 0.2) is 0 Å². The van der Waals surface area contributed by atoms with E-state index in [4.69, 9.17) is 5.26 Å². The zero-order valence-electron chi connectivity index (χ0n) is 12.3. The summed E-state index contributed by atoms with van der Waals surface area (Å²) in [6.07, 6.45) is -4.45. The number of nitrogens with zero attached hydrogens (tertiary/aromatic N) is 3. The minimum Gasteiger partial charge on any atom is -0.364 e. The summed E-state index contributed by atoms with van der Waals surface area (Å²) in [5, 5.41) is 22.5. The monoisotopic (exact) mass is 336 g/mol. The maximum atomic E-state index is 12.7. The molecule has 2 rings (SSSR count). The number of aromatic nitrogens is 1. The summed E-state index contributed by atoms with van der Waals surface area (Å²) < 4.78 is 38.2. The average Bonchev–Trinajstić information content (AvgIpc) is 2.53. The van der Waals surface area contributed by atoms with E-state index in [1.54, 1.807) is 13.0 Å². The minimum absolute atomic E-state index is 0.155. The summed E-state index contributed by atoms with van der Waals surface area (Å²) >= 11 is 0. The van der Waals surface area contributed by atoms with E-state index >= 15 is 0 Å². The van der Waals surface area contributed by atoms with Crippen molar-refractivity contribution in [2.45, 2.75) is 19.1 Å². The second-order valence-corrected chi connectivity index (χ2v) is 4.92. The summed E-state index contributed by atoms with van der Waals surface area (Å²) in [4.78, 5) is 13.8. The van der Waals surface area contributed by atoms with Crippen LogP contribution >= 0.6 is 0 Å². The Labute approximate surface area is 134 Å². The largest absolute Gasteiger partial charge is 0.416 e. The molecule has 0 bridgehead atoms. The highest BCUT2D eigenvalue weighted by atomic mass is 19.4. The number of alkyl halides is 3. The second-order valence-electron chi connectivity index (χ2n) is 4.92. The summed E-state index contributed by atoms with van der Waals surface area (Å²) in [6.45, 7) is 1.62. The highest BCUT2D eigenvalue weighted by Gasteiger charge is 2.30. The van der Waals surface area contributed by atoms with Gasteiger partial charge >= 0.3 is 11.9 Å². The van der Waals surface area contributed by atoms with Crippen LogP contribution in [0.1, 0.15) is 29.8 Å². The molecule has 0 aliphatic carbocycles. The van der Waals surface area contributed by atoms with Crippen LogP contribution < -0.4 is 5.32 Å². The number of pyridine rings is 1. The number of nitro groups is 1. The Bertz CT molecular complexity index is 815. The number of anilines is 1. The Morgan fingerprint density at radius 1 is 1.33 bits per heavy atom. The molecule has 2 aromatic rings. The van der Waals surface area contributed by atoms with Gasteiger partial charge < -0.3 is 5.32 Å². The predicted molar refractivity (Wildman–Crippen MR) is 79.1 cm³/mol. The number of hydrogen-bond donors (Lipinski definition) is 1. The normalized spacial score (nSPS) is 12.3. The van der Waals surface area contributed by atoms with Gasteiger partial charge in [-0.25, -0.2) is 4.98 Å². The van der Waals surface area contributed by atoms with Gasteiger partial charge in [-0.3, -0.25) is 10.1 Å². The molecule has 24 heavy (non-hydrogen) atoms. The molecule has 0 saturated carbocycles. The molecule has 1 aromatic carbocycles. The molecule has 0 spiro atoms. The number of hydrogen-bond acceptors (Lipinski definition) is 5. The number of halogens is 3. The maximum absolute atomic E-state index is 12.7. The first-order chi connectivity index (χ1) is 11.2. The average molecular weight is 336 g/mol. The van der Waals surface area contributed by atoms with Crippen molar-refractivity contribution in [2.75, 3.05) is 5.32 Å². The van der Waals surface area contributed by atoms with Crippen LogP contribution in [0.3, 0.4) is 0 Å². The van der Waals surface area contributed by atoms with E-state index in [1.807, 2.05) is 0 Å². The van der Waals surface area contributed by atoms with E-state index in [0.29, 0.717) is 5.56 Å². The van der Waals surface area contributed by atoms with Crippen molar-refractivity contribution in [3.8, 4) is 6.07 Å². The molecule has 0 aliphatic heterocycles. The SMILES string of the molecule is CC(Nc1ccc([N+](=O)[O-])c(C#N)n1)c1cccc(C(F)(F)F)c1. The van der Waals surface area contributed by atoms with E-state index in [0.717, 1.165) is 18.2 Å². The standard InChI is InChI=1S/C15H11F3N4O2/c1-9(10-3-2-4-11(7-10)15(16,17)18)20-14-6-5-13(22(23)24)12(8-19)21-14/h2-7,9H,1H3,(H,20,21). The van der Waals surface area contributed by atoms with Crippen LogP contribution in [0, 0.1) is 21.4 Å². The topological polar surface area (TPSA) is 91.9 Å². The lowest BCUT2D eigenvalue weighted by Crippen LogP contribution is -2.11. The smallest absolute Gasteiger partial charge is 0.364 e. The summed E-state index contributed by atoms with van der Waals surface area (Å²) in [5.41, 5.74) is -1.22. The third-order valence-electron chi connectivity index (χ3n) is 3.25. The molecular formula is C15H11F3N4O2. The van der Waals surface area contributed by atoms with Crippen molar-refractivity contribution >= 4 is 11.5 Å². The molecule has 6 nitrogen and oxygen atoms in total. The lowest BCUT2D eigenvalue weighted by atomic mass is 10.0. The first-order valence-electron chi connectivity index (χ1n) is 6.71. The van der Waals surface area contributed by atoms with Crippen LogP contribution in [0.25, 0.3) is 0 Å². The minimum atomic E-state index is -4.45. The lowest BCUT2D eigenvalue weighted by Gasteiger charge is -2.16. The molecule has 9 heteroatoms. The van der Waals surface area contributed by atoms with E-state index in [9.17, 15) is 23.3 Å². The van der Waals surface area contributed by atoms with Crippen molar-refractivity contribution in [3.05, 3.63) is 63.3 Å². The Morgan fingerprint density at radius 3 is 2.62 bits per heavy atom. The Hall–Kier alpha value is -3.15. The van der Waals surface area contributed by atoms with Crippen LogP contribution in [0.2, 0.25) is 0 Å². The molecule has 1 unspecified atom stereocenters. The van der Waals surface area contributed by atoms with Crippen LogP contribution in [0.4, 0.5) is 24.7 Å². The van der Waals surface area contributed by atoms with Crippen LogP contribution in [0.15, 0.2) is 36.4 Å². The molecule has 1 N–H and O–H groups in total. The number of rotatable bonds is 4. The van der Waals surface area contributed by atoms with Gasteiger partial charge in [-0.05, 0) is 30.7 Å². The van der Waals surface area contributed by atoms with Crippen molar-refractivity contribution in [3.63, 3.8) is 0 Å². The molecule has 1 heterocycles. The van der Waals surface area contributed by atoms with Gasteiger partial charge in [-0.1, -0.05) is 12.1 Å². The molecule has 1 aromatic heterocycles. The van der Waals surface area contributed by atoms with Gasteiger partial charge in [0.25, 0.3) is 0 Å². The van der Waals surface area contributed by atoms with Crippen LogP contribution in [0.5, 0.6) is 0 Å². The zero-order valence-corrected chi connectivity index (χ0v) is 12.3. The van der Waals surface area contributed by atoms with Gasteiger partial charge in [0.05, 0.1) is 10.5 Å². The first kappa shape index (κ1) is 17.2. The number of nitriles is 1. The highest BCUT2D eigenvalue weighted by Crippen LogP contribution is 2.31. The fraction of sp³-hybridized carbons (Fsp3) is 0.200. The van der Waals surface area contributed by atoms with Crippen molar-refractivity contribution in [1.29, 1.82) is 5.26 Å². The molecule has 0 aliphatic rings. The quantitative estimate of drug-likeness (QED) is 0.671. The molecule has 0 radical (unpaired) electrons. The van der Waals surface area contributed by atoms with E-state index in [1.165, 1.54) is 18.2 Å². The summed E-state index contributed by atoms with van der Waals surface area (Å²) in [5.74, 6) is 0.155. The fourth-order valence-electron chi connectivity index (χ4n) is 2.05. The van der Waals surface area contributed by atoms with Crippen LogP contribution in [-0.2, 0) is 6.18 Å². The third-order valence-corrected chi connectivity index (χ3v) is 3.25. The molecule has 0 saturated heterocycles. The molecule has 124 valence electrons. The van der Waals surface area contributed by atoms with E-state index in [-0.39, 0.29) is 11.5 Å². The van der Waals surface area contributed by atoms with E-state index in [2.05, 4.69) is 10.3 Å². The molecular weight excluding hydrogens is 325 g/mol. The number of benzene rings is 1. The Morgan fingerprint density at radius 2 is 2.04 bits per heavy atom. The second kappa shape index (κ2) is 6.54. The predicted octanol–water partition coefficient (Wildman–Crippen LogP) is 4.05. The summed E-state index contributed by atoms with van der Waals surface area (Å²) in [7, 11) is 0. The van der Waals surface area contributed by atoms with E-state index < -0.39 is 28.4 Å². The van der Waals surface area contributed by atoms with Crippen molar-refractivity contribution < 1.29 is 18.1 Å². The maximum Gasteiger partial charge on any atom is 0.416 e. The van der Waals surface area contributed by atoms with Gasteiger partial charge in [0.2, 0.25) is 5.69 Å². The third kappa shape index (κ3) is 3.78. The Kier molecular flexibility index (Phi) is 4.69. The van der Waals surface area contributed by atoms with Gasteiger partial charge in [-0.15, -0.1) is 0 Å². The van der Waals surface area contributed by atoms with Crippen LogP contribution in [-0.4, -0.2) is 9.91 Å². The molecule has 1 atom stereocenters. The van der Waals surface area contributed by atoms with Gasteiger partial charge in [-0.2, -0.15) is 18.4 Å². The zero-order chi connectivity index (χ0) is 17.9. The van der Waals surface area contributed by atoms with Gasteiger partial charge in [0, 0.05) is 12.1 Å². The molecule has 0 fully saturated rings. The Balaban J connectivity index is 2.26. The van der Waals surface area contributed by atoms with Gasteiger partial charge in [0.1, 0.15) is 11.9 Å². The highest BCUT2D eigenvalue weighted by molar-refractivity contribution is 5.51. The molecule has 0 amide bonds. The first-order valence-corrected chi connectivity index (χ1v) is 6.71. The number of nitrogens with one attached hydrogen (secondary N) is 1. The fourth-order valence-corrected chi connectivity index (χ4v) is 2.05.